The second kappa shape index (κ2) is 6.17. The van der Waals surface area contributed by atoms with Gasteiger partial charge in [-0.3, -0.25) is 9.48 Å². The average Bonchev–Trinajstić information content (AvgIpc) is 2.83. The molecule has 1 aromatic heterocycles. The van der Waals surface area contributed by atoms with E-state index in [-0.39, 0.29) is 5.91 Å². The van der Waals surface area contributed by atoms with Crippen molar-refractivity contribution in [3.05, 3.63) is 35.5 Å². The summed E-state index contributed by atoms with van der Waals surface area (Å²) >= 11 is 0. The third-order valence-electron chi connectivity index (χ3n) is 3.15. The second-order valence-corrected chi connectivity index (χ2v) is 4.40. The van der Waals surface area contributed by atoms with Crippen molar-refractivity contribution < 1.29 is 14.3 Å². The topological polar surface area (TPSA) is 91.4 Å². The number of aryl methyl sites for hydroxylation is 1. The van der Waals surface area contributed by atoms with E-state index in [1.807, 2.05) is 0 Å². The maximum Gasteiger partial charge on any atom is 0.255 e. The maximum atomic E-state index is 12.3. The molecule has 0 saturated carbocycles. The van der Waals surface area contributed by atoms with Crippen molar-refractivity contribution in [2.24, 2.45) is 7.05 Å². The van der Waals surface area contributed by atoms with Crippen LogP contribution in [0, 0.1) is 0 Å². The first kappa shape index (κ1) is 14.7. The number of nitrogens with zero attached hydrogens (tertiary/aromatic N) is 2. The summed E-state index contributed by atoms with van der Waals surface area (Å²) in [7, 11) is 4.76. The van der Waals surface area contributed by atoms with Gasteiger partial charge in [-0.05, 0) is 12.1 Å². The molecule has 0 radical (unpaired) electrons. The lowest BCUT2D eigenvalue weighted by Crippen LogP contribution is -2.23. The molecule has 3 N–H and O–H groups in total. The number of hydrogen-bond donors (Lipinski definition) is 2. The van der Waals surface area contributed by atoms with Gasteiger partial charge < -0.3 is 20.5 Å². The fourth-order valence-corrected chi connectivity index (χ4v) is 1.97. The number of ether oxygens (including phenoxy) is 2. The van der Waals surface area contributed by atoms with Gasteiger partial charge in [-0.25, -0.2) is 0 Å². The van der Waals surface area contributed by atoms with E-state index in [4.69, 9.17) is 15.2 Å². The van der Waals surface area contributed by atoms with Crippen molar-refractivity contribution >= 4 is 11.7 Å². The Hall–Kier alpha value is -2.70. The molecule has 0 bridgehead atoms. The van der Waals surface area contributed by atoms with Crippen LogP contribution in [0.4, 0.5) is 5.82 Å². The Labute approximate surface area is 122 Å². The number of carbonyl (C=O) groups is 1. The van der Waals surface area contributed by atoms with Crippen LogP contribution in [0.25, 0.3) is 0 Å². The Balaban J connectivity index is 2.15. The molecular weight excluding hydrogens is 272 g/mol. The van der Waals surface area contributed by atoms with Gasteiger partial charge in [0.05, 0.1) is 26.0 Å². The Bertz CT molecular complexity index is 652. The predicted molar refractivity (Wildman–Crippen MR) is 78.3 cm³/mol. The summed E-state index contributed by atoms with van der Waals surface area (Å²) < 4.78 is 12.0. The van der Waals surface area contributed by atoms with Crippen LogP contribution in [-0.2, 0) is 13.6 Å². The Kier molecular flexibility index (Phi) is 4.32. The first-order valence-corrected chi connectivity index (χ1v) is 6.34. The Morgan fingerprint density at radius 1 is 1.38 bits per heavy atom. The zero-order valence-electron chi connectivity index (χ0n) is 12.2. The van der Waals surface area contributed by atoms with Gasteiger partial charge in [-0.15, -0.1) is 0 Å². The molecule has 0 atom stereocenters. The summed E-state index contributed by atoms with van der Waals surface area (Å²) in [5, 5.41) is 6.81. The minimum absolute atomic E-state index is 0.269. The van der Waals surface area contributed by atoms with E-state index in [1.165, 1.54) is 14.2 Å². The first-order valence-electron chi connectivity index (χ1n) is 6.34. The van der Waals surface area contributed by atoms with Crippen molar-refractivity contribution in [3.8, 4) is 11.5 Å². The lowest BCUT2D eigenvalue weighted by Gasteiger charge is -2.12. The molecule has 2 aromatic rings. The molecule has 0 saturated heterocycles. The Morgan fingerprint density at radius 3 is 2.71 bits per heavy atom. The van der Waals surface area contributed by atoms with Crippen LogP contribution in [0.15, 0.2) is 24.4 Å². The quantitative estimate of drug-likeness (QED) is 0.855. The molecule has 112 valence electrons. The number of rotatable bonds is 5. The number of nitrogens with one attached hydrogen (secondary N) is 1. The highest BCUT2D eigenvalue weighted by Crippen LogP contribution is 2.30. The minimum Gasteiger partial charge on any atom is -0.493 e. The zero-order chi connectivity index (χ0) is 15.4. The van der Waals surface area contributed by atoms with Crippen molar-refractivity contribution in [3.63, 3.8) is 0 Å². The number of nitrogens with two attached hydrogens (primary N) is 1. The summed E-state index contributed by atoms with van der Waals surface area (Å²) in [4.78, 5) is 12.3. The highest BCUT2D eigenvalue weighted by molar-refractivity contribution is 5.97. The van der Waals surface area contributed by atoms with Gasteiger partial charge in [-0.1, -0.05) is 6.07 Å². The highest BCUT2D eigenvalue weighted by Gasteiger charge is 2.16. The molecule has 2 rings (SSSR count). The van der Waals surface area contributed by atoms with E-state index in [1.54, 1.807) is 36.1 Å². The largest absolute Gasteiger partial charge is 0.493 e. The van der Waals surface area contributed by atoms with Crippen LogP contribution in [0.3, 0.4) is 0 Å². The van der Waals surface area contributed by atoms with E-state index in [2.05, 4.69) is 10.4 Å². The van der Waals surface area contributed by atoms with Gasteiger partial charge >= 0.3 is 0 Å². The molecule has 0 aliphatic rings. The van der Waals surface area contributed by atoms with Gasteiger partial charge in [0.15, 0.2) is 11.5 Å². The second-order valence-electron chi connectivity index (χ2n) is 4.40. The Morgan fingerprint density at radius 2 is 2.14 bits per heavy atom. The van der Waals surface area contributed by atoms with Gasteiger partial charge in [0, 0.05) is 19.2 Å². The number of para-hydroxylation sites is 1. The summed E-state index contributed by atoms with van der Waals surface area (Å²) in [5.74, 6) is 1.16. The molecule has 1 heterocycles. The number of carbonyl (C=O) groups excluding carboxylic acids is 1. The van der Waals surface area contributed by atoms with Gasteiger partial charge in [0.25, 0.3) is 5.91 Å². The van der Waals surface area contributed by atoms with Gasteiger partial charge in [-0.2, -0.15) is 5.10 Å². The number of nitrogen functional groups attached to an aromatic ring is 1. The molecule has 21 heavy (non-hydrogen) atoms. The summed E-state index contributed by atoms with van der Waals surface area (Å²) in [6.45, 7) is 0.291. The number of amides is 1. The van der Waals surface area contributed by atoms with Crippen LogP contribution in [0.1, 0.15) is 15.9 Å². The lowest BCUT2D eigenvalue weighted by molar-refractivity contribution is 0.0947. The minimum atomic E-state index is -0.269. The molecule has 7 heteroatoms. The van der Waals surface area contributed by atoms with Crippen molar-refractivity contribution in [1.29, 1.82) is 0 Å². The van der Waals surface area contributed by atoms with Crippen LogP contribution < -0.4 is 20.5 Å². The summed E-state index contributed by atoms with van der Waals surface area (Å²) in [6, 6.07) is 5.13. The monoisotopic (exact) mass is 290 g/mol. The predicted octanol–water partition coefficient (Wildman–Crippen LogP) is 0.949. The standard InChI is InChI=1S/C14H18N4O3/c1-18-13(15)9(8-17-18)7-16-14(19)10-5-4-6-11(20-2)12(10)21-3/h4-6,8H,7,15H2,1-3H3,(H,16,19). The van der Waals surface area contributed by atoms with Gasteiger partial charge in [0.2, 0.25) is 0 Å². The molecule has 0 aliphatic heterocycles. The third kappa shape index (κ3) is 2.91. The lowest BCUT2D eigenvalue weighted by atomic mass is 10.1. The average molecular weight is 290 g/mol. The zero-order valence-corrected chi connectivity index (χ0v) is 12.2. The normalized spacial score (nSPS) is 10.2. The molecule has 1 amide bonds. The third-order valence-corrected chi connectivity index (χ3v) is 3.15. The van der Waals surface area contributed by atoms with Gasteiger partial charge in [0.1, 0.15) is 5.82 Å². The number of methoxy groups -OCH3 is 2. The van der Waals surface area contributed by atoms with Crippen LogP contribution >= 0.6 is 0 Å². The maximum absolute atomic E-state index is 12.3. The number of benzene rings is 1. The fraction of sp³-hybridized carbons (Fsp3) is 0.286. The van der Waals surface area contributed by atoms with Crippen LogP contribution in [0.5, 0.6) is 11.5 Å². The van der Waals surface area contributed by atoms with E-state index < -0.39 is 0 Å². The SMILES string of the molecule is COc1cccc(C(=O)NCc2cnn(C)c2N)c1OC. The molecule has 0 fully saturated rings. The number of hydrogen-bond acceptors (Lipinski definition) is 5. The van der Waals surface area contributed by atoms with Crippen LogP contribution in [0.2, 0.25) is 0 Å². The number of aromatic nitrogens is 2. The van der Waals surface area contributed by atoms with E-state index in [0.29, 0.717) is 29.4 Å². The number of anilines is 1. The fourth-order valence-electron chi connectivity index (χ4n) is 1.97. The molecular formula is C14H18N4O3. The van der Waals surface area contributed by atoms with E-state index in [0.717, 1.165) is 5.56 Å². The smallest absolute Gasteiger partial charge is 0.255 e. The molecule has 7 nitrogen and oxygen atoms in total. The molecule has 1 aromatic carbocycles. The first-order chi connectivity index (χ1) is 10.1. The van der Waals surface area contributed by atoms with Crippen molar-refractivity contribution in [1.82, 2.24) is 15.1 Å². The summed E-state index contributed by atoms with van der Waals surface area (Å²) in [5.41, 5.74) is 6.99. The van der Waals surface area contributed by atoms with E-state index in [9.17, 15) is 4.79 Å². The van der Waals surface area contributed by atoms with E-state index >= 15 is 0 Å². The molecule has 0 aliphatic carbocycles. The molecule has 0 unspecified atom stereocenters. The van der Waals surface area contributed by atoms with Crippen molar-refractivity contribution in [2.75, 3.05) is 20.0 Å². The van der Waals surface area contributed by atoms with Crippen LogP contribution in [-0.4, -0.2) is 29.9 Å². The van der Waals surface area contributed by atoms with Crippen molar-refractivity contribution in [2.45, 2.75) is 6.54 Å². The molecule has 0 spiro atoms. The summed E-state index contributed by atoms with van der Waals surface area (Å²) in [6.07, 6.45) is 1.62. The highest BCUT2D eigenvalue weighted by atomic mass is 16.5.